The Hall–Kier alpha value is -0.870. The molecule has 2 rings (SSSR count). The molecule has 4 nitrogen and oxygen atoms in total. The molecule has 2 heterocycles. The Bertz CT molecular complexity index is 261. The van der Waals surface area contributed by atoms with Gasteiger partial charge in [-0.15, -0.1) is 0 Å². The van der Waals surface area contributed by atoms with Crippen LogP contribution in [0.15, 0.2) is 12.4 Å². The fraction of sp³-hybridized carbons (Fsp3) is 0.429. The van der Waals surface area contributed by atoms with E-state index in [1.807, 2.05) is 0 Å². The van der Waals surface area contributed by atoms with Crippen molar-refractivity contribution in [2.24, 2.45) is 0 Å². The summed E-state index contributed by atoms with van der Waals surface area (Å²) < 4.78 is 10.2. The van der Waals surface area contributed by atoms with Gasteiger partial charge in [0.2, 0.25) is 5.28 Å². The summed E-state index contributed by atoms with van der Waals surface area (Å²) in [4.78, 5) is 7.53. The fourth-order valence-electron chi connectivity index (χ4n) is 0.728. The van der Waals surface area contributed by atoms with Crippen molar-refractivity contribution < 1.29 is 9.47 Å². The summed E-state index contributed by atoms with van der Waals surface area (Å²) in [6.07, 6.45) is 3.33. The molecule has 1 aliphatic rings. The number of aromatic nitrogens is 2. The number of epoxide rings is 1. The smallest absolute Gasteiger partial charge is 0.222 e. The van der Waals surface area contributed by atoms with E-state index in [1.165, 1.54) is 12.4 Å². The molecule has 0 aromatic carbocycles. The minimum absolute atomic E-state index is 0.227. The normalized spacial score (nSPS) is 20.6. The van der Waals surface area contributed by atoms with Crippen LogP contribution in [0.5, 0.6) is 5.75 Å². The molecule has 0 amide bonds. The minimum Gasteiger partial charge on any atom is -0.488 e. The van der Waals surface area contributed by atoms with Crippen molar-refractivity contribution in [2.75, 3.05) is 13.2 Å². The van der Waals surface area contributed by atoms with Gasteiger partial charge < -0.3 is 9.47 Å². The second-order valence-corrected chi connectivity index (χ2v) is 2.79. The van der Waals surface area contributed by atoms with Crippen molar-refractivity contribution in [3.05, 3.63) is 17.7 Å². The fourth-order valence-corrected chi connectivity index (χ4v) is 0.826. The second kappa shape index (κ2) is 3.25. The predicted molar refractivity (Wildman–Crippen MR) is 42.3 cm³/mol. The van der Waals surface area contributed by atoms with Gasteiger partial charge in [0.15, 0.2) is 5.75 Å². The Kier molecular flexibility index (Phi) is 2.10. The van der Waals surface area contributed by atoms with E-state index < -0.39 is 0 Å². The van der Waals surface area contributed by atoms with Crippen LogP contribution in [0, 0.1) is 0 Å². The van der Waals surface area contributed by atoms with Crippen molar-refractivity contribution in [3.63, 3.8) is 0 Å². The molecule has 0 saturated carbocycles. The van der Waals surface area contributed by atoms with Crippen LogP contribution in [-0.4, -0.2) is 29.3 Å². The largest absolute Gasteiger partial charge is 0.488 e. The molecule has 0 bridgehead atoms. The molecule has 0 N–H and O–H groups in total. The third kappa shape index (κ3) is 2.06. The molecule has 0 unspecified atom stereocenters. The SMILES string of the molecule is Clc1ncc(OC[C@H]2CO2)cn1. The average molecular weight is 187 g/mol. The Morgan fingerprint density at radius 3 is 2.83 bits per heavy atom. The molecule has 1 atom stereocenters. The maximum Gasteiger partial charge on any atom is 0.222 e. The molecule has 1 aromatic rings. The summed E-state index contributed by atoms with van der Waals surface area (Å²) >= 11 is 5.48. The average Bonchev–Trinajstić information content (AvgIpc) is 2.87. The maximum absolute atomic E-state index is 5.48. The van der Waals surface area contributed by atoms with Crippen LogP contribution in [0.3, 0.4) is 0 Å². The van der Waals surface area contributed by atoms with Crippen LogP contribution >= 0.6 is 11.6 Å². The summed E-state index contributed by atoms with van der Waals surface area (Å²) in [6, 6.07) is 0. The number of ether oxygens (including phenoxy) is 2. The Balaban J connectivity index is 1.89. The highest BCUT2D eigenvalue weighted by molar-refractivity contribution is 6.28. The van der Waals surface area contributed by atoms with Crippen LogP contribution in [0.4, 0.5) is 0 Å². The monoisotopic (exact) mass is 186 g/mol. The first kappa shape index (κ1) is 7.76. The number of halogens is 1. The van der Waals surface area contributed by atoms with E-state index >= 15 is 0 Å². The Morgan fingerprint density at radius 2 is 2.25 bits per heavy atom. The summed E-state index contributed by atoms with van der Waals surface area (Å²) in [6.45, 7) is 1.35. The zero-order chi connectivity index (χ0) is 8.39. The third-order valence-corrected chi connectivity index (χ3v) is 1.63. The molecule has 1 aliphatic heterocycles. The van der Waals surface area contributed by atoms with Gasteiger partial charge in [0.05, 0.1) is 19.0 Å². The van der Waals surface area contributed by atoms with Crippen molar-refractivity contribution in [1.29, 1.82) is 0 Å². The van der Waals surface area contributed by atoms with Crippen LogP contribution in [0.1, 0.15) is 0 Å². The van der Waals surface area contributed by atoms with Crippen LogP contribution in [-0.2, 0) is 4.74 Å². The molecule has 0 radical (unpaired) electrons. The molecule has 5 heteroatoms. The zero-order valence-electron chi connectivity index (χ0n) is 6.24. The van der Waals surface area contributed by atoms with Crippen LogP contribution in [0.25, 0.3) is 0 Å². The van der Waals surface area contributed by atoms with Gasteiger partial charge in [-0.1, -0.05) is 0 Å². The topological polar surface area (TPSA) is 47.5 Å². The lowest BCUT2D eigenvalue weighted by Gasteiger charge is -2.01. The second-order valence-electron chi connectivity index (χ2n) is 2.45. The van der Waals surface area contributed by atoms with Gasteiger partial charge in [-0.3, -0.25) is 0 Å². The predicted octanol–water partition coefficient (Wildman–Crippen LogP) is 0.908. The molecule has 64 valence electrons. The van der Waals surface area contributed by atoms with Crippen molar-refractivity contribution in [1.82, 2.24) is 9.97 Å². The van der Waals surface area contributed by atoms with E-state index in [1.54, 1.807) is 0 Å². The molecule has 1 saturated heterocycles. The number of hydrogen-bond donors (Lipinski definition) is 0. The lowest BCUT2D eigenvalue weighted by Crippen LogP contribution is -2.04. The first-order valence-electron chi connectivity index (χ1n) is 3.56. The first-order valence-corrected chi connectivity index (χ1v) is 3.94. The maximum atomic E-state index is 5.48. The molecule has 1 fully saturated rings. The Morgan fingerprint density at radius 1 is 1.58 bits per heavy atom. The highest BCUT2D eigenvalue weighted by Gasteiger charge is 2.23. The van der Waals surface area contributed by atoms with E-state index in [0.29, 0.717) is 12.4 Å². The standard InChI is InChI=1S/C7H7ClN2O2/c8-7-9-1-5(2-10-7)11-3-6-4-12-6/h1-2,6H,3-4H2/t6-/m0/s1. The van der Waals surface area contributed by atoms with Gasteiger partial charge in [-0.25, -0.2) is 9.97 Å². The molecule has 0 aliphatic carbocycles. The number of nitrogens with zero attached hydrogens (tertiary/aromatic N) is 2. The first-order chi connectivity index (χ1) is 5.84. The highest BCUT2D eigenvalue weighted by atomic mass is 35.5. The molecule has 12 heavy (non-hydrogen) atoms. The van der Waals surface area contributed by atoms with Crippen molar-refractivity contribution >= 4 is 11.6 Å². The van der Waals surface area contributed by atoms with Gasteiger partial charge in [0, 0.05) is 0 Å². The van der Waals surface area contributed by atoms with E-state index in [2.05, 4.69) is 9.97 Å². The van der Waals surface area contributed by atoms with Gasteiger partial charge in [-0.2, -0.15) is 0 Å². The molecule has 1 aromatic heterocycles. The van der Waals surface area contributed by atoms with Crippen LogP contribution < -0.4 is 4.74 Å². The summed E-state index contributed by atoms with van der Waals surface area (Å²) in [7, 11) is 0. The molecular weight excluding hydrogens is 180 g/mol. The van der Waals surface area contributed by atoms with E-state index in [9.17, 15) is 0 Å². The van der Waals surface area contributed by atoms with Crippen molar-refractivity contribution in [2.45, 2.75) is 6.10 Å². The van der Waals surface area contributed by atoms with E-state index in [-0.39, 0.29) is 11.4 Å². The van der Waals surface area contributed by atoms with Gasteiger partial charge in [-0.05, 0) is 11.6 Å². The summed E-state index contributed by atoms with van der Waals surface area (Å²) in [5, 5.41) is 0.227. The number of rotatable bonds is 3. The Labute approximate surface area is 74.5 Å². The van der Waals surface area contributed by atoms with Gasteiger partial charge in [0.25, 0.3) is 0 Å². The molecular formula is C7H7ClN2O2. The zero-order valence-corrected chi connectivity index (χ0v) is 6.99. The summed E-state index contributed by atoms with van der Waals surface area (Å²) in [5.41, 5.74) is 0. The quantitative estimate of drug-likeness (QED) is 0.520. The van der Waals surface area contributed by atoms with Crippen molar-refractivity contribution in [3.8, 4) is 5.75 Å². The molecule has 0 spiro atoms. The van der Waals surface area contributed by atoms with E-state index in [4.69, 9.17) is 21.1 Å². The summed E-state index contributed by atoms with van der Waals surface area (Å²) in [5.74, 6) is 0.620. The third-order valence-electron chi connectivity index (χ3n) is 1.43. The lowest BCUT2D eigenvalue weighted by molar-refractivity contribution is 0.261. The minimum atomic E-state index is 0.227. The van der Waals surface area contributed by atoms with Gasteiger partial charge >= 0.3 is 0 Å². The highest BCUT2D eigenvalue weighted by Crippen LogP contribution is 2.13. The van der Waals surface area contributed by atoms with Gasteiger partial charge in [0.1, 0.15) is 12.7 Å². The van der Waals surface area contributed by atoms with E-state index in [0.717, 1.165) is 6.61 Å². The lowest BCUT2D eigenvalue weighted by atomic mass is 10.5. The van der Waals surface area contributed by atoms with Crippen LogP contribution in [0.2, 0.25) is 5.28 Å². The number of hydrogen-bond acceptors (Lipinski definition) is 4.